The van der Waals surface area contributed by atoms with Gasteiger partial charge in [-0.25, -0.2) is 9.97 Å². The van der Waals surface area contributed by atoms with Crippen LogP contribution in [0.1, 0.15) is 31.0 Å². The second-order valence-electron chi connectivity index (χ2n) is 8.04. The van der Waals surface area contributed by atoms with E-state index in [1.165, 1.54) is 0 Å². The lowest BCUT2D eigenvalue weighted by molar-refractivity contribution is -0.159. The molecular weight excluding hydrogens is 412 g/mol. The molecule has 7 heteroatoms. The molecule has 162 valence electrons. The third-order valence-corrected chi connectivity index (χ3v) is 6.02. The van der Waals surface area contributed by atoms with Gasteiger partial charge in [0.2, 0.25) is 5.95 Å². The first-order valence-electron chi connectivity index (χ1n) is 10.7. The van der Waals surface area contributed by atoms with Crippen LogP contribution in [-0.2, 0) is 22.5 Å². The Kier molecular flexibility index (Phi) is 6.68. The number of aromatic nitrogens is 3. The zero-order chi connectivity index (χ0) is 21.7. The Morgan fingerprint density at radius 1 is 1.19 bits per heavy atom. The van der Waals surface area contributed by atoms with Gasteiger partial charge in [0.25, 0.3) is 0 Å². The number of benzene rings is 1. The molecule has 4 rings (SSSR count). The fourth-order valence-electron chi connectivity index (χ4n) is 4.45. The molecule has 0 saturated carbocycles. The predicted molar refractivity (Wildman–Crippen MR) is 120 cm³/mol. The van der Waals surface area contributed by atoms with Crippen molar-refractivity contribution in [2.24, 2.45) is 5.41 Å². The van der Waals surface area contributed by atoms with Crippen LogP contribution < -0.4 is 0 Å². The van der Waals surface area contributed by atoms with Crippen LogP contribution >= 0.6 is 11.6 Å². The van der Waals surface area contributed by atoms with Gasteiger partial charge in [0.1, 0.15) is 0 Å². The summed E-state index contributed by atoms with van der Waals surface area (Å²) in [5, 5.41) is 0.685. The Morgan fingerprint density at radius 2 is 2.03 bits per heavy atom. The number of carbonyl (C=O) groups is 1. The molecule has 0 bridgehead atoms. The molecule has 31 heavy (non-hydrogen) atoms. The molecule has 3 aromatic rings. The number of rotatable bonds is 7. The van der Waals surface area contributed by atoms with E-state index in [0.29, 0.717) is 37.1 Å². The standard InChI is InChI=1S/C24H27ClN4O2/c1-2-31-22(30)24(16-19-7-3-8-20(25)15-19)10-5-13-28(18-24)17-21-9-4-14-29(21)23-26-11-6-12-27-23/h3-4,6-9,11-12,14-15H,2,5,10,13,16-18H2,1H3. The molecule has 1 aliphatic heterocycles. The van der Waals surface area contributed by atoms with Crippen molar-refractivity contribution in [3.05, 3.63) is 77.3 Å². The number of nitrogens with zero attached hydrogens (tertiary/aromatic N) is 4. The molecule has 2 aromatic heterocycles. The van der Waals surface area contributed by atoms with E-state index in [4.69, 9.17) is 16.3 Å². The van der Waals surface area contributed by atoms with Crippen LogP contribution in [0.4, 0.5) is 0 Å². The SMILES string of the molecule is CCOC(=O)C1(Cc2cccc(Cl)c2)CCCN(Cc2cccn2-c2ncccn2)C1. The average Bonchev–Trinajstić information content (AvgIpc) is 3.23. The van der Waals surface area contributed by atoms with Crippen LogP contribution in [0.15, 0.2) is 61.1 Å². The number of likely N-dealkylation sites (tertiary alicyclic amines) is 1. The average molecular weight is 439 g/mol. The van der Waals surface area contributed by atoms with Crippen LogP contribution in [0.5, 0.6) is 0 Å². The maximum Gasteiger partial charge on any atom is 0.313 e. The minimum Gasteiger partial charge on any atom is -0.466 e. The van der Waals surface area contributed by atoms with Crippen molar-refractivity contribution in [3.8, 4) is 5.95 Å². The smallest absolute Gasteiger partial charge is 0.313 e. The summed E-state index contributed by atoms with van der Waals surface area (Å²) in [7, 11) is 0. The van der Waals surface area contributed by atoms with Gasteiger partial charge in [-0.1, -0.05) is 23.7 Å². The van der Waals surface area contributed by atoms with E-state index in [0.717, 1.165) is 30.6 Å². The van der Waals surface area contributed by atoms with Crippen molar-refractivity contribution >= 4 is 17.6 Å². The van der Waals surface area contributed by atoms with E-state index in [2.05, 4.69) is 20.9 Å². The number of esters is 1. The van der Waals surface area contributed by atoms with Gasteiger partial charge in [-0.05, 0) is 68.6 Å². The zero-order valence-electron chi connectivity index (χ0n) is 17.7. The molecular formula is C24H27ClN4O2. The van der Waals surface area contributed by atoms with E-state index in [-0.39, 0.29) is 5.97 Å². The number of carbonyl (C=O) groups excluding carboxylic acids is 1. The summed E-state index contributed by atoms with van der Waals surface area (Å²) in [5.41, 5.74) is 1.57. The number of piperidine rings is 1. The highest BCUT2D eigenvalue weighted by molar-refractivity contribution is 6.30. The molecule has 3 heterocycles. The van der Waals surface area contributed by atoms with Crippen LogP contribution in [-0.4, -0.2) is 45.1 Å². The van der Waals surface area contributed by atoms with Gasteiger partial charge in [-0.15, -0.1) is 0 Å². The summed E-state index contributed by atoms with van der Waals surface area (Å²) in [6.45, 7) is 4.52. The lowest BCUT2D eigenvalue weighted by Crippen LogP contribution is -2.49. The van der Waals surface area contributed by atoms with Crippen molar-refractivity contribution in [1.29, 1.82) is 0 Å². The molecule has 1 saturated heterocycles. The Morgan fingerprint density at radius 3 is 2.81 bits per heavy atom. The fraction of sp³-hybridized carbons (Fsp3) is 0.375. The Hall–Kier alpha value is -2.70. The highest BCUT2D eigenvalue weighted by atomic mass is 35.5. The van der Waals surface area contributed by atoms with Gasteiger partial charge >= 0.3 is 5.97 Å². The second kappa shape index (κ2) is 9.62. The molecule has 6 nitrogen and oxygen atoms in total. The van der Waals surface area contributed by atoms with Crippen LogP contribution in [0.2, 0.25) is 5.02 Å². The van der Waals surface area contributed by atoms with Gasteiger partial charge in [0, 0.05) is 42.4 Å². The number of halogens is 1. The maximum absolute atomic E-state index is 13.1. The number of hydrogen-bond donors (Lipinski definition) is 0. The summed E-state index contributed by atoms with van der Waals surface area (Å²) >= 11 is 6.21. The molecule has 0 radical (unpaired) electrons. The van der Waals surface area contributed by atoms with E-state index >= 15 is 0 Å². The predicted octanol–water partition coefficient (Wildman–Crippen LogP) is 4.31. The van der Waals surface area contributed by atoms with Gasteiger partial charge in [0.05, 0.1) is 12.0 Å². The third-order valence-electron chi connectivity index (χ3n) is 5.78. The monoisotopic (exact) mass is 438 g/mol. The first kappa shape index (κ1) is 21.5. The normalized spacial score (nSPS) is 19.3. The molecule has 0 aliphatic carbocycles. The van der Waals surface area contributed by atoms with Gasteiger partial charge in [0.15, 0.2) is 0 Å². The summed E-state index contributed by atoms with van der Waals surface area (Å²) in [6, 6.07) is 13.6. The quantitative estimate of drug-likeness (QED) is 0.514. The van der Waals surface area contributed by atoms with Crippen molar-refractivity contribution in [1.82, 2.24) is 19.4 Å². The topological polar surface area (TPSA) is 60.2 Å². The molecule has 1 atom stereocenters. The molecule has 1 aliphatic rings. The molecule has 0 amide bonds. The van der Waals surface area contributed by atoms with Gasteiger partial charge < -0.3 is 4.74 Å². The first-order valence-corrected chi connectivity index (χ1v) is 11.0. The minimum absolute atomic E-state index is 0.124. The first-order chi connectivity index (χ1) is 15.1. The summed E-state index contributed by atoms with van der Waals surface area (Å²) in [5.74, 6) is 0.525. The molecule has 0 N–H and O–H groups in total. The summed E-state index contributed by atoms with van der Waals surface area (Å²) in [6.07, 6.45) is 7.80. The van der Waals surface area contributed by atoms with Crippen LogP contribution in [0.25, 0.3) is 5.95 Å². The van der Waals surface area contributed by atoms with Gasteiger partial charge in [-0.3, -0.25) is 14.3 Å². The molecule has 1 unspecified atom stereocenters. The second-order valence-corrected chi connectivity index (χ2v) is 8.48. The van der Waals surface area contributed by atoms with Crippen molar-refractivity contribution in [2.45, 2.75) is 32.7 Å². The van der Waals surface area contributed by atoms with Gasteiger partial charge in [-0.2, -0.15) is 0 Å². The van der Waals surface area contributed by atoms with E-state index < -0.39 is 5.41 Å². The Labute approximate surface area is 187 Å². The highest BCUT2D eigenvalue weighted by Crippen LogP contribution is 2.36. The van der Waals surface area contributed by atoms with Crippen LogP contribution in [0, 0.1) is 5.41 Å². The van der Waals surface area contributed by atoms with Crippen molar-refractivity contribution in [2.75, 3.05) is 19.7 Å². The fourth-order valence-corrected chi connectivity index (χ4v) is 4.66. The number of ether oxygens (including phenoxy) is 1. The van der Waals surface area contributed by atoms with Crippen molar-refractivity contribution in [3.63, 3.8) is 0 Å². The largest absolute Gasteiger partial charge is 0.466 e. The zero-order valence-corrected chi connectivity index (χ0v) is 18.5. The Balaban J connectivity index is 1.57. The highest BCUT2D eigenvalue weighted by Gasteiger charge is 2.43. The number of hydrogen-bond acceptors (Lipinski definition) is 5. The van der Waals surface area contributed by atoms with E-state index in [1.807, 2.05) is 48.0 Å². The lowest BCUT2D eigenvalue weighted by Gasteiger charge is -2.41. The van der Waals surface area contributed by atoms with E-state index in [9.17, 15) is 4.79 Å². The van der Waals surface area contributed by atoms with Crippen LogP contribution in [0.3, 0.4) is 0 Å². The van der Waals surface area contributed by atoms with Crippen molar-refractivity contribution < 1.29 is 9.53 Å². The molecule has 1 aromatic carbocycles. The lowest BCUT2D eigenvalue weighted by atomic mass is 9.75. The summed E-state index contributed by atoms with van der Waals surface area (Å²) in [4.78, 5) is 24.2. The Bertz CT molecular complexity index is 1020. The summed E-state index contributed by atoms with van der Waals surface area (Å²) < 4.78 is 7.54. The maximum atomic E-state index is 13.1. The van der Waals surface area contributed by atoms with E-state index in [1.54, 1.807) is 18.5 Å². The molecule has 0 spiro atoms. The minimum atomic E-state index is -0.584. The molecule has 1 fully saturated rings. The third kappa shape index (κ3) is 4.97.